The Hall–Kier alpha value is -3.66. The van der Waals surface area contributed by atoms with E-state index in [0.717, 1.165) is 10.5 Å². The lowest BCUT2D eigenvalue weighted by atomic mass is 10.1. The van der Waals surface area contributed by atoms with Crippen LogP contribution in [0.2, 0.25) is 0 Å². The number of nitrogens with zero attached hydrogens (tertiary/aromatic N) is 2. The van der Waals surface area contributed by atoms with Crippen LogP contribution in [0.25, 0.3) is 0 Å². The average Bonchev–Trinajstić information content (AvgIpc) is 3.07. The van der Waals surface area contributed by atoms with E-state index < -0.39 is 7.26 Å². The summed E-state index contributed by atoms with van der Waals surface area (Å²) in [4.78, 5) is 0.850. The molecule has 0 radical (unpaired) electrons. The van der Waals surface area contributed by atoms with Crippen molar-refractivity contribution in [2.45, 2.75) is 11.8 Å². The maximum absolute atomic E-state index is 6.42. The van der Waals surface area contributed by atoms with Crippen molar-refractivity contribution in [3.05, 3.63) is 121 Å². The molecule has 0 heterocycles. The molecule has 226 valence electrons. The van der Waals surface area contributed by atoms with Gasteiger partial charge in [-0.05, 0) is 79.9 Å². The van der Waals surface area contributed by atoms with Crippen LogP contribution in [-0.4, -0.2) is 48.2 Å². The molecule has 0 saturated carbocycles. The molecule has 0 aromatic heterocycles. The van der Waals surface area contributed by atoms with E-state index in [4.69, 9.17) is 29.2 Å². The Morgan fingerprint density at radius 1 is 0.727 bits per heavy atom. The van der Waals surface area contributed by atoms with E-state index in [1.165, 1.54) is 15.9 Å². The minimum Gasteiger partial charge on any atom is -0.364 e. The molecule has 0 saturated heterocycles. The van der Waals surface area contributed by atoms with Gasteiger partial charge in [0.15, 0.2) is 16.6 Å². The summed E-state index contributed by atoms with van der Waals surface area (Å²) in [6.45, 7) is 2.82. The van der Waals surface area contributed by atoms with Gasteiger partial charge >= 0.3 is 0 Å². The van der Waals surface area contributed by atoms with E-state index in [2.05, 4.69) is 135 Å². The predicted octanol–water partition coefficient (Wildman–Crippen LogP) is 4.58. The molecule has 0 atom stereocenters. The summed E-state index contributed by atoms with van der Waals surface area (Å²) >= 11 is 15.0. The zero-order valence-corrected chi connectivity index (χ0v) is 28.0. The number of thiol groups is 1. The molecular formula is C33H36N6OPS3+. The fourth-order valence-electron chi connectivity index (χ4n) is 4.52. The van der Waals surface area contributed by atoms with Crippen molar-refractivity contribution in [3.63, 3.8) is 0 Å². The number of benzene rings is 4. The lowest BCUT2D eigenvalue weighted by Gasteiger charge is -2.27. The number of nitrogens with one attached hydrogen (secondary N) is 4. The first kappa shape index (κ1) is 33.2. The number of ether oxygens (including phenoxy) is 1. The van der Waals surface area contributed by atoms with Crippen molar-refractivity contribution in [1.29, 1.82) is 0 Å². The summed E-state index contributed by atoms with van der Waals surface area (Å²) < 4.78 is 6.42. The van der Waals surface area contributed by atoms with E-state index in [0.29, 0.717) is 41.1 Å². The van der Waals surface area contributed by atoms with Gasteiger partial charge in [0.25, 0.3) is 0 Å². The Morgan fingerprint density at radius 2 is 1.23 bits per heavy atom. The van der Waals surface area contributed by atoms with Crippen LogP contribution in [0.5, 0.6) is 0 Å². The van der Waals surface area contributed by atoms with Gasteiger partial charge in [-0.1, -0.05) is 66.7 Å². The van der Waals surface area contributed by atoms with Gasteiger partial charge in [0, 0.05) is 24.1 Å². The molecule has 0 bridgehead atoms. The molecule has 4 aromatic rings. The summed E-state index contributed by atoms with van der Waals surface area (Å²) in [5.74, 6) is 0. The van der Waals surface area contributed by atoms with Gasteiger partial charge in [-0.3, -0.25) is 10.9 Å². The molecule has 0 aliphatic rings. The summed E-state index contributed by atoms with van der Waals surface area (Å²) in [5.41, 5.74) is 7.83. The van der Waals surface area contributed by atoms with Crippen molar-refractivity contribution in [1.82, 2.24) is 21.5 Å². The zero-order valence-electron chi connectivity index (χ0n) is 24.6. The van der Waals surface area contributed by atoms with Crippen molar-refractivity contribution >= 4 is 81.9 Å². The highest BCUT2D eigenvalue weighted by molar-refractivity contribution is 7.95. The van der Waals surface area contributed by atoms with Crippen molar-refractivity contribution in [2.24, 2.45) is 10.2 Å². The lowest BCUT2D eigenvalue weighted by Crippen LogP contribution is -2.37. The highest BCUT2D eigenvalue weighted by Crippen LogP contribution is 2.55. The molecule has 4 rings (SSSR count). The minimum atomic E-state index is -2.06. The Morgan fingerprint density at radius 3 is 1.73 bits per heavy atom. The van der Waals surface area contributed by atoms with Gasteiger partial charge in [0.05, 0.1) is 12.3 Å². The maximum atomic E-state index is 6.42. The van der Waals surface area contributed by atoms with Gasteiger partial charge in [0.2, 0.25) is 0 Å². The Bertz CT molecular complexity index is 1470. The van der Waals surface area contributed by atoms with E-state index >= 15 is 0 Å². The van der Waals surface area contributed by atoms with Crippen LogP contribution in [0.15, 0.2) is 130 Å². The van der Waals surface area contributed by atoms with E-state index in [1.54, 1.807) is 7.05 Å². The molecular weight excluding hydrogens is 624 g/mol. The molecule has 7 nitrogen and oxygen atoms in total. The molecule has 4 N–H and O–H groups in total. The zero-order chi connectivity index (χ0) is 31.2. The van der Waals surface area contributed by atoms with E-state index in [9.17, 15) is 0 Å². The molecule has 11 heteroatoms. The van der Waals surface area contributed by atoms with Gasteiger partial charge < -0.3 is 15.4 Å². The monoisotopic (exact) mass is 659 g/mol. The quantitative estimate of drug-likeness (QED) is 0.0381. The lowest BCUT2D eigenvalue weighted by molar-refractivity contribution is 0.185. The molecule has 44 heavy (non-hydrogen) atoms. The van der Waals surface area contributed by atoms with Gasteiger partial charge in [-0.2, -0.15) is 10.2 Å². The second kappa shape index (κ2) is 17.0. The first-order valence-corrected chi connectivity index (χ1v) is 17.2. The fourth-order valence-corrected chi connectivity index (χ4v) is 8.65. The molecule has 0 amide bonds. The van der Waals surface area contributed by atoms with Crippen LogP contribution < -0.4 is 37.4 Å². The largest absolute Gasteiger partial charge is 0.364 e. The average molecular weight is 660 g/mol. The molecule has 4 aromatic carbocycles. The molecule has 0 unspecified atom stereocenters. The second-order valence-electron chi connectivity index (χ2n) is 9.62. The minimum absolute atomic E-state index is 0.381. The SMILES string of the molecule is CNC(=S)N/N=C(/C(C)=N/NC(=S)NCCOC[P+](c1ccccc1)(c1ccccc1)c1ccccc1)c1ccc(S)cc1. The first-order valence-electron chi connectivity index (χ1n) is 14.0. The van der Waals surface area contributed by atoms with Crippen LogP contribution >= 0.6 is 44.3 Å². The topological polar surface area (TPSA) is 82.1 Å². The smallest absolute Gasteiger partial charge is 0.187 e. The third kappa shape index (κ3) is 8.94. The van der Waals surface area contributed by atoms with Crippen molar-refractivity contribution in [3.8, 4) is 0 Å². The number of hydrogen-bond acceptors (Lipinski definition) is 6. The Labute approximate surface area is 276 Å². The molecule has 0 aliphatic heterocycles. The van der Waals surface area contributed by atoms with Gasteiger partial charge in [-0.25, -0.2) is 0 Å². The van der Waals surface area contributed by atoms with Crippen LogP contribution in [0.3, 0.4) is 0 Å². The van der Waals surface area contributed by atoms with Crippen LogP contribution in [0, 0.1) is 0 Å². The van der Waals surface area contributed by atoms with Crippen LogP contribution in [0.4, 0.5) is 0 Å². The second-order valence-corrected chi connectivity index (χ2v) is 14.4. The molecule has 0 aliphatic carbocycles. The highest BCUT2D eigenvalue weighted by Gasteiger charge is 2.45. The van der Waals surface area contributed by atoms with E-state index in [-0.39, 0.29) is 0 Å². The number of thiocarbonyl (C=S) groups is 2. The number of hydrazone groups is 2. The maximum Gasteiger partial charge on any atom is 0.187 e. The number of hydrogen-bond donors (Lipinski definition) is 5. The Kier molecular flexibility index (Phi) is 12.8. The van der Waals surface area contributed by atoms with Crippen LogP contribution in [-0.2, 0) is 4.74 Å². The van der Waals surface area contributed by atoms with Crippen molar-refractivity contribution in [2.75, 3.05) is 26.5 Å². The standard InChI is InChI=1S/C33H35N6OPS3/c1-25(31(37-38-32(43)34-2)26-18-20-30(42)21-19-26)36-39-33(44)35-22-23-40-24-41(27-12-6-3-7-13-27,28-14-8-4-9-15-28)29-16-10-5-11-17-29/h3-21H,22-24H2,1-2H3,(H4-,34,35,36,37,38,39,42,43,44)/p+1. The highest BCUT2D eigenvalue weighted by atomic mass is 32.1. The normalized spacial score (nSPS) is 11.9. The van der Waals surface area contributed by atoms with E-state index in [1.807, 2.05) is 31.2 Å². The summed E-state index contributed by atoms with van der Waals surface area (Å²) in [7, 11) is -0.335. The van der Waals surface area contributed by atoms with Gasteiger partial charge in [0.1, 0.15) is 28.9 Å². The van der Waals surface area contributed by atoms with Crippen molar-refractivity contribution < 1.29 is 4.74 Å². The summed E-state index contributed by atoms with van der Waals surface area (Å²) in [5, 5.41) is 19.5. The summed E-state index contributed by atoms with van der Waals surface area (Å²) in [6, 6.07) is 39.6. The van der Waals surface area contributed by atoms with Crippen LogP contribution in [0.1, 0.15) is 12.5 Å². The third-order valence-corrected chi connectivity index (χ3v) is 11.7. The fraction of sp³-hybridized carbons (Fsp3) is 0.152. The summed E-state index contributed by atoms with van der Waals surface area (Å²) in [6.07, 6.45) is 0.566. The Balaban J connectivity index is 1.41. The van der Waals surface area contributed by atoms with Gasteiger partial charge in [-0.15, -0.1) is 12.6 Å². The molecule has 0 spiro atoms. The third-order valence-electron chi connectivity index (χ3n) is 6.71. The predicted molar refractivity (Wildman–Crippen MR) is 198 cm³/mol. The molecule has 0 fully saturated rings. The first-order chi connectivity index (χ1) is 21.4. The number of rotatable bonds is 12.